The third kappa shape index (κ3) is 35.5. The number of ether oxygens (including phenoxy) is 3. The molecule has 0 N–H and O–H groups in total. The molecule has 0 heterocycles. The van der Waals surface area contributed by atoms with Crippen LogP contribution in [-0.4, -0.2) is 37.2 Å². The van der Waals surface area contributed by atoms with Crippen LogP contribution in [0.3, 0.4) is 0 Å². The Hall–Kier alpha value is -1.59. The summed E-state index contributed by atoms with van der Waals surface area (Å²) in [6.07, 6.45) is 35.4. The Morgan fingerprint density at radius 3 is 0.851 bits per heavy atom. The summed E-state index contributed by atoms with van der Waals surface area (Å²) in [6, 6.07) is 0. The molecule has 1 atom stereocenters. The predicted octanol–water partition coefficient (Wildman–Crippen LogP) is 12.5. The van der Waals surface area contributed by atoms with Crippen molar-refractivity contribution in [3.8, 4) is 0 Å². The van der Waals surface area contributed by atoms with Crippen LogP contribution in [0.15, 0.2) is 0 Å². The molecule has 0 bridgehead atoms. The maximum absolute atomic E-state index is 12.5. The second kappa shape index (κ2) is 37.2. The molecular weight excluding hydrogens is 588 g/mol. The first-order chi connectivity index (χ1) is 23.0. The molecule has 6 nitrogen and oxygen atoms in total. The van der Waals surface area contributed by atoms with Gasteiger partial charge in [-0.15, -0.1) is 0 Å². The second-order valence-corrected chi connectivity index (χ2v) is 13.9. The van der Waals surface area contributed by atoms with Crippen molar-refractivity contribution in [2.24, 2.45) is 0 Å². The molecule has 6 heteroatoms. The number of carbonyl (C=O) groups is 3. The monoisotopic (exact) mass is 667 g/mol. The topological polar surface area (TPSA) is 78.9 Å². The molecule has 0 amide bonds. The normalized spacial score (nSPS) is 11.8. The summed E-state index contributed by atoms with van der Waals surface area (Å²) in [7, 11) is 0. The van der Waals surface area contributed by atoms with E-state index in [1.54, 1.807) is 0 Å². The molecule has 0 aliphatic carbocycles. The van der Waals surface area contributed by atoms with Crippen LogP contribution in [0.4, 0.5) is 0 Å². The van der Waals surface area contributed by atoms with Crippen LogP contribution < -0.4 is 0 Å². The van der Waals surface area contributed by atoms with Crippen molar-refractivity contribution in [3.05, 3.63) is 0 Å². The molecule has 0 aromatic carbocycles. The molecule has 0 spiro atoms. The van der Waals surface area contributed by atoms with E-state index < -0.39 is 6.10 Å². The van der Waals surface area contributed by atoms with E-state index in [9.17, 15) is 14.4 Å². The zero-order chi connectivity index (χ0) is 34.5. The molecule has 0 saturated carbocycles. The average molecular weight is 667 g/mol. The molecule has 0 aromatic heterocycles. The van der Waals surface area contributed by atoms with Crippen molar-refractivity contribution in [3.63, 3.8) is 0 Å². The molecule has 0 unspecified atom stereocenters. The number of esters is 3. The van der Waals surface area contributed by atoms with Gasteiger partial charge in [0.15, 0.2) is 6.10 Å². The minimum Gasteiger partial charge on any atom is -0.462 e. The molecule has 0 aromatic rings. The van der Waals surface area contributed by atoms with E-state index in [0.717, 1.165) is 64.2 Å². The van der Waals surface area contributed by atoms with Crippen LogP contribution in [0.2, 0.25) is 0 Å². The molecule has 0 aliphatic rings. The molecule has 0 fully saturated rings. The van der Waals surface area contributed by atoms with E-state index in [4.69, 9.17) is 14.2 Å². The van der Waals surface area contributed by atoms with Crippen LogP contribution in [-0.2, 0) is 28.6 Å². The Labute approximate surface area is 291 Å². The largest absolute Gasteiger partial charge is 0.462 e. The van der Waals surface area contributed by atoms with Gasteiger partial charge >= 0.3 is 17.9 Å². The van der Waals surface area contributed by atoms with Crippen LogP contribution in [0.5, 0.6) is 0 Å². The fourth-order valence-corrected chi connectivity index (χ4v) is 5.97. The van der Waals surface area contributed by atoms with Gasteiger partial charge in [0, 0.05) is 19.3 Å². The van der Waals surface area contributed by atoms with Gasteiger partial charge in [-0.2, -0.15) is 0 Å². The lowest BCUT2D eigenvalue weighted by Crippen LogP contribution is -2.30. The van der Waals surface area contributed by atoms with Gasteiger partial charge in [-0.05, 0) is 19.3 Å². The van der Waals surface area contributed by atoms with Crippen molar-refractivity contribution >= 4 is 17.9 Å². The first-order valence-corrected chi connectivity index (χ1v) is 20.5. The third-order valence-corrected chi connectivity index (χ3v) is 9.11. The zero-order valence-corrected chi connectivity index (χ0v) is 31.6. The zero-order valence-electron chi connectivity index (χ0n) is 31.6. The van der Waals surface area contributed by atoms with Crippen molar-refractivity contribution < 1.29 is 28.6 Å². The van der Waals surface area contributed by atoms with Gasteiger partial charge in [0.25, 0.3) is 0 Å². The number of hydrogen-bond donors (Lipinski definition) is 0. The summed E-state index contributed by atoms with van der Waals surface area (Å²) in [5.41, 5.74) is 0. The Morgan fingerprint density at radius 1 is 0.340 bits per heavy atom. The van der Waals surface area contributed by atoms with Crippen LogP contribution in [0.1, 0.15) is 226 Å². The van der Waals surface area contributed by atoms with E-state index in [-0.39, 0.29) is 31.1 Å². The van der Waals surface area contributed by atoms with E-state index in [1.165, 1.54) is 122 Å². The number of hydrogen-bond acceptors (Lipinski definition) is 6. The van der Waals surface area contributed by atoms with Gasteiger partial charge in [0.05, 0.1) is 0 Å². The van der Waals surface area contributed by atoms with Gasteiger partial charge in [-0.1, -0.05) is 188 Å². The molecule has 0 saturated heterocycles. The van der Waals surface area contributed by atoms with Crippen molar-refractivity contribution in [1.82, 2.24) is 0 Å². The van der Waals surface area contributed by atoms with E-state index in [0.29, 0.717) is 19.3 Å². The maximum atomic E-state index is 12.5. The molecule has 47 heavy (non-hydrogen) atoms. The molecule has 0 aliphatic heterocycles. The second-order valence-electron chi connectivity index (χ2n) is 13.9. The Bertz CT molecular complexity index is 693. The molecular formula is C41H78O6. The summed E-state index contributed by atoms with van der Waals surface area (Å²) in [4.78, 5) is 37.3. The van der Waals surface area contributed by atoms with Crippen LogP contribution >= 0.6 is 0 Å². The fraction of sp³-hybridized carbons (Fsp3) is 0.927. The highest BCUT2D eigenvalue weighted by atomic mass is 16.6. The van der Waals surface area contributed by atoms with Gasteiger partial charge in [-0.25, -0.2) is 0 Å². The lowest BCUT2D eigenvalue weighted by molar-refractivity contribution is -0.167. The highest BCUT2D eigenvalue weighted by Gasteiger charge is 2.19. The maximum Gasteiger partial charge on any atom is 0.306 e. The first-order valence-electron chi connectivity index (χ1n) is 20.5. The predicted molar refractivity (Wildman–Crippen MR) is 197 cm³/mol. The smallest absolute Gasteiger partial charge is 0.306 e. The quantitative estimate of drug-likeness (QED) is 0.0373. The Kier molecular flexibility index (Phi) is 36.0. The molecule has 278 valence electrons. The Balaban J connectivity index is 4.18. The average Bonchev–Trinajstić information content (AvgIpc) is 3.06. The molecule has 0 radical (unpaired) electrons. The van der Waals surface area contributed by atoms with Crippen molar-refractivity contribution in [2.75, 3.05) is 13.2 Å². The minimum atomic E-state index is -0.755. The van der Waals surface area contributed by atoms with Crippen LogP contribution in [0.25, 0.3) is 0 Å². The number of unbranched alkanes of at least 4 members (excludes halogenated alkanes) is 26. The van der Waals surface area contributed by atoms with Gasteiger partial charge in [0.1, 0.15) is 13.2 Å². The summed E-state index contributed by atoms with van der Waals surface area (Å²) < 4.78 is 16.5. The van der Waals surface area contributed by atoms with Gasteiger partial charge in [-0.3, -0.25) is 14.4 Å². The lowest BCUT2D eigenvalue weighted by Gasteiger charge is -2.18. The number of rotatable bonds is 37. The van der Waals surface area contributed by atoms with Crippen molar-refractivity contribution in [2.45, 2.75) is 232 Å². The third-order valence-electron chi connectivity index (χ3n) is 9.11. The van der Waals surface area contributed by atoms with Crippen molar-refractivity contribution in [1.29, 1.82) is 0 Å². The lowest BCUT2D eigenvalue weighted by atomic mass is 10.0. The fourth-order valence-electron chi connectivity index (χ4n) is 5.97. The van der Waals surface area contributed by atoms with Gasteiger partial charge in [0.2, 0.25) is 0 Å². The summed E-state index contributed by atoms with van der Waals surface area (Å²) in [5, 5.41) is 0. The standard InChI is InChI=1S/C41H78O6/c1-4-7-10-13-15-17-19-20-22-24-26-29-31-34-40(43)46-37-38(47-41(44)35-32-27-12-9-6-3)36-45-39(42)33-30-28-25-23-21-18-16-14-11-8-5-2/h38H,4-37H2,1-3H3/t38-/m0/s1. The molecule has 0 rings (SSSR count). The highest BCUT2D eigenvalue weighted by molar-refractivity contribution is 5.71. The van der Waals surface area contributed by atoms with Gasteiger partial charge < -0.3 is 14.2 Å². The SMILES string of the molecule is CCCCCCCCCCCCCCCC(=O)OC[C@H](COC(=O)CCCCCCCCCCCCC)OC(=O)CCCCCCC. The van der Waals surface area contributed by atoms with E-state index in [1.807, 2.05) is 0 Å². The summed E-state index contributed by atoms with van der Waals surface area (Å²) >= 11 is 0. The first kappa shape index (κ1) is 45.4. The Morgan fingerprint density at radius 2 is 0.574 bits per heavy atom. The summed E-state index contributed by atoms with van der Waals surface area (Å²) in [5.74, 6) is -0.874. The minimum absolute atomic E-state index is 0.0649. The van der Waals surface area contributed by atoms with E-state index in [2.05, 4.69) is 20.8 Å². The highest BCUT2D eigenvalue weighted by Crippen LogP contribution is 2.15. The number of carbonyl (C=O) groups excluding carboxylic acids is 3. The van der Waals surface area contributed by atoms with E-state index >= 15 is 0 Å². The summed E-state index contributed by atoms with van der Waals surface area (Å²) in [6.45, 7) is 6.54. The van der Waals surface area contributed by atoms with Crippen LogP contribution in [0, 0.1) is 0 Å².